The summed E-state index contributed by atoms with van der Waals surface area (Å²) in [4.78, 5) is 15.3. The maximum atomic E-state index is 11.4. The van der Waals surface area contributed by atoms with Crippen LogP contribution in [0.15, 0.2) is 16.9 Å². The molecule has 0 aliphatic carbocycles. The van der Waals surface area contributed by atoms with Crippen molar-refractivity contribution in [1.29, 1.82) is 0 Å². The second-order valence-corrected chi connectivity index (χ2v) is 3.34. The summed E-state index contributed by atoms with van der Waals surface area (Å²) in [6.45, 7) is 2.60. The van der Waals surface area contributed by atoms with Crippen LogP contribution in [0.4, 0.5) is 5.69 Å². The molecule has 2 aromatic heterocycles. The quantitative estimate of drug-likeness (QED) is 0.750. The number of anilines is 1. The zero-order valence-corrected chi connectivity index (χ0v) is 9.25. The minimum atomic E-state index is -0.359. The molecule has 0 saturated carbocycles. The number of aromatic nitrogens is 4. The summed E-state index contributed by atoms with van der Waals surface area (Å²) < 4.78 is 6.47. The Morgan fingerprint density at radius 3 is 3.12 bits per heavy atom. The van der Waals surface area contributed by atoms with E-state index in [4.69, 9.17) is 10.3 Å². The van der Waals surface area contributed by atoms with Gasteiger partial charge in [-0.1, -0.05) is 5.16 Å². The number of carbonyl (C=O) groups excluding carboxylic acids is 1. The van der Waals surface area contributed by atoms with Crippen LogP contribution in [-0.2, 0) is 6.54 Å². The topological polar surface area (TPSA) is 112 Å². The number of hydrogen-bond acceptors (Lipinski definition) is 6. The fourth-order valence-corrected chi connectivity index (χ4v) is 1.26. The molecule has 0 spiro atoms. The molecule has 3 N–H and O–H groups in total. The van der Waals surface area contributed by atoms with E-state index in [1.54, 1.807) is 10.9 Å². The minimum absolute atomic E-state index is 0.0157. The van der Waals surface area contributed by atoms with Gasteiger partial charge >= 0.3 is 0 Å². The first-order valence-electron chi connectivity index (χ1n) is 5.07. The van der Waals surface area contributed by atoms with Gasteiger partial charge < -0.3 is 15.6 Å². The van der Waals surface area contributed by atoms with Gasteiger partial charge in [-0.25, -0.2) is 0 Å². The molecule has 2 rings (SSSR count). The molecule has 17 heavy (non-hydrogen) atoms. The Balaban J connectivity index is 2.06. The first-order chi connectivity index (χ1) is 8.19. The van der Waals surface area contributed by atoms with E-state index in [9.17, 15) is 4.79 Å². The molecule has 2 heterocycles. The van der Waals surface area contributed by atoms with Crippen molar-refractivity contribution in [3.8, 4) is 0 Å². The van der Waals surface area contributed by atoms with E-state index < -0.39 is 0 Å². The highest BCUT2D eigenvalue weighted by atomic mass is 16.5. The molecular weight excluding hydrogens is 224 g/mol. The summed E-state index contributed by atoms with van der Waals surface area (Å²) in [6, 6.07) is 0. The lowest BCUT2D eigenvalue weighted by Gasteiger charge is -1.94. The van der Waals surface area contributed by atoms with Crippen LogP contribution < -0.4 is 11.1 Å². The lowest BCUT2D eigenvalue weighted by atomic mass is 10.5. The first kappa shape index (κ1) is 11.1. The summed E-state index contributed by atoms with van der Waals surface area (Å²) in [5.41, 5.74) is 6.06. The largest absolute Gasteiger partial charge is 0.396 e. The van der Waals surface area contributed by atoms with Crippen molar-refractivity contribution in [1.82, 2.24) is 25.2 Å². The Morgan fingerprint density at radius 1 is 1.65 bits per heavy atom. The molecule has 0 aliphatic rings. The van der Waals surface area contributed by atoms with Gasteiger partial charge in [0.25, 0.3) is 11.7 Å². The lowest BCUT2D eigenvalue weighted by molar-refractivity contribution is 0.0942. The van der Waals surface area contributed by atoms with Crippen molar-refractivity contribution in [3.05, 3.63) is 24.1 Å². The molecule has 8 heteroatoms. The van der Waals surface area contributed by atoms with E-state index in [2.05, 4.69) is 20.6 Å². The van der Waals surface area contributed by atoms with Gasteiger partial charge in [-0.3, -0.25) is 9.48 Å². The van der Waals surface area contributed by atoms with E-state index >= 15 is 0 Å². The highest BCUT2D eigenvalue weighted by Gasteiger charge is 2.13. The Morgan fingerprint density at radius 2 is 2.47 bits per heavy atom. The molecule has 8 nitrogen and oxygen atoms in total. The molecule has 0 bridgehead atoms. The van der Waals surface area contributed by atoms with Crippen molar-refractivity contribution in [2.75, 3.05) is 12.3 Å². The Kier molecular flexibility index (Phi) is 3.03. The van der Waals surface area contributed by atoms with Crippen molar-refractivity contribution in [3.63, 3.8) is 0 Å². The second-order valence-electron chi connectivity index (χ2n) is 3.34. The standard InChI is InChI=1S/C9H12N6O2/c1-2-11-9(16)8-13-7(17-14-8)5-15-4-6(10)3-12-15/h3-4H,2,5,10H2,1H3,(H,11,16). The average molecular weight is 236 g/mol. The Bertz CT molecular complexity index is 517. The number of hydrogen-bond donors (Lipinski definition) is 2. The fourth-order valence-electron chi connectivity index (χ4n) is 1.26. The number of nitrogens with one attached hydrogen (secondary N) is 1. The summed E-state index contributed by atoms with van der Waals surface area (Å²) in [6.07, 6.45) is 3.15. The van der Waals surface area contributed by atoms with Crippen LogP contribution >= 0.6 is 0 Å². The van der Waals surface area contributed by atoms with Gasteiger partial charge in [0.1, 0.15) is 6.54 Å². The van der Waals surface area contributed by atoms with E-state index in [0.29, 0.717) is 18.1 Å². The number of amides is 1. The third-order valence-corrected chi connectivity index (χ3v) is 1.96. The zero-order valence-electron chi connectivity index (χ0n) is 9.25. The summed E-state index contributed by atoms with van der Waals surface area (Å²) in [5.74, 6) is -0.0428. The smallest absolute Gasteiger partial charge is 0.292 e. The van der Waals surface area contributed by atoms with Crippen LogP contribution in [-0.4, -0.2) is 32.4 Å². The predicted octanol–water partition coefficient (Wildman–Crippen LogP) is -0.354. The first-order valence-corrected chi connectivity index (χ1v) is 5.07. The van der Waals surface area contributed by atoms with Crippen LogP contribution in [0.3, 0.4) is 0 Å². The van der Waals surface area contributed by atoms with Crippen molar-refractivity contribution >= 4 is 11.6 Å². The molecule has 0 aliphatic heterocycles. The summed E-state index contributed by atoms with van der Waals surface area (Å²) in [7, 11) is 0. The highest BCUT2D eigenvalue weighted by molar-refractivity contribution is 5.90. The Labute approximate surface area is 96.8 Å². The third-order valence-electron chi connectivity index (χ3n) is 1.96. The van der Waals surface area contributed by atoms with E-state index in [-0.39, 0.29) is 18.3 Å². The monoisotopic (exact) mass is 236 g/mol. The molecule has 1 amide bonds. The van der Waals surface area contributed by atoms with Gasteiger partial charge in [-0.05, 0) is 6.92 Å². The summed E-state index contributed by atoms with van der Waals surface area (Å²) >= 11 is 0. The Hall–Kier alpha value is -2.38. The van der Waals surface area contributed by atoms with Gasteiger partial charge in [-0.2, -0.15) is 10.1 Å². The van der Waals surface area contributed by atoms with Gasteiger partial charge in [0.05, 0.1) is 11.9 Å². The van der Waals surface area contributed by atoms with Gasteiger partial charge in [0.2, 0.25) is 5.89 Å². The van der Waals surface area contributed by atoms with Crippen molar-refractivity contribution in [2.24, 2.45) is 0 Å². The molecule has 0 radical (unpaired) electrons. The molecule has 0 saturated heterocycles. The third kappa shape index (κ3) is 2.60. The van der Waals surface area contributed by atoms with Gasteiger partial charge in [0, 0.05) is 12.7 Å². The number of nitrogens with two attached hydrogens (primary N) is 1. The van der Waals surface area contributed by atoms with Crippen LogP contribution in [0.5, 0.6) is 0 Å². The van der Waals surface area contributed by atoms with Crippen LogP contribution in [0, 0.1) is 0 Å². The normalized spacial score (nSPS) is 10.4. The molecule has 0 aromatic carbocycles. The number of nitrogens with zero attached hydrogens (tertiary/aromatic N) is 4. The molecule has 90 valence electrons. The lowest BCUT2D eigenvalue weighted by Crippen LogP contribution is -2.23. The van der Waals surface area contributed by atoms with Crippen molar-refractivity contribution < 1.29 is 9.32 Å². The van der Waals surface area contributed by atoms with Crippen LogP contribution in [0.2, 0.25) is 0 Å². The zero-order chi connectivity index (χ0) is 12.3. The molecular formula is C9H12N6O2. The number of nitrogen functional groups attached to an aromatic ring is 1. The van der Waals surface area contributed by atoms with E-state index in [1.165, 1.54) is 6.20 Å². The molecule has 0 fully saturated rings. The highest BCUT2D eigenvalue weighted by Crippen LogP contribution is 2.03. The number of carbonyl (C=O) groups is 1. The number of rotatable bonds is 4. The van der Waals surface area contributed by atoms with Gasteiger partial charge in [-0.15, -0.1) is 0 Å². The molecule has 0 atom stereocenters. The van der Waals surface area contributed by atoms with Gasteiger partial charge in [0.15, 0.2) is 0 Å². The molecule has 0 unspecified atom stereocenters. The maximum Gasteiger partial charge on any atom is 0.292 e. The maximum absolute atomic E-state index is 11.4. The van der Waals surface area contributed by atoms with Crippen LogP contribution in [0.25, 0.3) is 0 Å². The predicted molar refractivity (Wildman–Crippen MR) is 58.0 cm³/mol. The van der Waals surface area contributed by atoms with E-state index in [1.807, 2.05) is 6.92 Å². The summed E-state index contributed by atoms with van der Waals surface area (Å²) in [5, 5.41) is 10.1. The fraction of sp³-hybridized carbons (Fsp3) is 0.333. The molecule has 2 aromatic rings. The SMILES string of the molecule is CCNC(=O)c1noc(Cn2cc(N)cn2)n1. The average Bonchev–Trinajstić information content (AvgIpc) is 2.89. The van der Waals surface area contributed by atoms with Crippen molar-refractivity contribution in [2.45, 2.75) is 13.5 Å². The second kappa shape index (κ2) is 4.64. The minimum Gasteiger partial charge on any atom is -0.396 e. The van der Waals surface area contributed by atoms with E-state index in [0.717, 1.165) is 0 Å². The van der Waals surface area contributed by atoms with Crippen LogP contribution in [0.1, 0.15) is 23.4 Å².